The predicted octanol–water partition coefficient (Wildman–Crippen LogP) is 3.03. The third-order valence-electron chi connectivity index (χ3n) is 3.87. The molecule has 0 saturated heterocycles. The summed E-state index contributed by atoms with van der Waals surface area (Å²) in [4.78, 5) is 12.2. The van der Waals surface area contributed by atoms with Crippen molar-refractivity contribution in [3.8, 4) is 5.75 Å². The fourth-order valence-electron chi connectivity index (χ4n) is 2.38. The maximum atomic E-state index is 13.0. The van der Waals surface area contributed by atoms with Crippen molar-refractivity contribution in [2.75, 3.05) is 7.11 Å². The first kappa shape index (κ1) is 21.1. The number of methoxy groups -OCH3 is 1. The fourth-order valence-corrected chi connectivity index (χ4v) is 4.02. The van der Waals surface area contributed by atoms with Gasteiger partial charge in [-0.1, -0.05) is 23.7 Å². The van der Waals surface area contributed by atoms with Crippen molar-refractivity contribution in [3.05, 3.63) is 58.9 Å². The summed E-state index contributed by atoms with van der Waals surface area (Å²) in [6.07, 6.45) is 0. The first-order chi connectivity index (χ1) is 12.6. The second-order valence-electron chi connectivity index (χ2n) is 5.92. The van der Waals surface area contributed by atoms with Crippen LogP contribution in [0.3, 0.4) is 0 Å². The zero-order valence-corrected chi connectivity index (χ0v) is 16.6. The molecule has 0 fully saturated rings. The molecule has 27 heavy (non-hydrogen) atoms. The summed E-state index contributed by atoms with van der Waals surface area (Å²) in [6.45, 7) is 3.13. The number of rotatable bonds is 7. The van der Waals surface area contributed by atoms with Crippen molar-refractivity contribution in [1.82, 2.24) is 10.0 Å². The number of carbonyl (C=O) groups is 1. The quantitative estimate of drug-likeness (QED) is 0.729. The van der Waals surface area contributed by atoms with Crippen LogP contribution in [-0.4, -0.2) is 27.5 Å². The Hall–Kier alpha value is -2.16. The zero-order valence-electron chi connectivity index (χ0n) is 15.0. The third kappa shape index (κ3) is 5.41. The van der Waals surface area contributed by atoms with E-state index >= 15 is 0 Å². The number of carbonyl (C=O) groups excluding carboxylic acids is 1. The SMILES string of the molecule is COc1ccc(Cl)cc1S(=O)(=O)N[C@H](C)C(=O)N[C@@H](C)c1ccc(F)cc1. The van der Waals surface area contributed by atoms with Gasteiger partial charge in [0.15, 0.2) is 0 Å². The first-order valence-corrected chi connectivity index (χ1v) is 9.92. The zero-order chi connectivity index (χ0) is 20.2. The number of halogens is 2. The average molecular weight is 415 g/mol. The van der Waals surface area contributed by atoms with E-state index < -0.39 is 28.0 Å². The van der Waals surface area contributed by atoms with Gasteiger partial charge in [-0.2, -0.15) is 4.72 Å². The van der Waals surface area contributed by atoms with Crippen LogP contribution in [-0.2, 0) is 14.8 Å². The smallest absolute Gasteiger partial charge is 0.245 e. The van der Waals surface area contributed by atoms with Crippen LogP contribution in [0.5, 0.6) is 5.75 Å². The molecule has 0 heterocycles. The highest BCUT2D eigenvalue weighted by Crippen LogP contribution is 2.27. The van der Waals surface area contributed by atoms with Crippen LogP contribution in [0.1, 0.15) is 25.5 Å². The van der Waals surface area contributed by atoms with Crippen molar-refractivity contribution in [1.29, 1.82) is 0 Å². The van der Waals surface area contributed by atoms with Gasteiger partial charge in [0.05, 0.1) is 19.2 Å². The lowest BCUT2D eigenvalue weighted by molar-refractivity contribution is -0.123. The first-order valence-electron chi connectivity index (χ1n) is 8.05. The van der Waals surface area contributed by atoms with Crippen LogP contribution < -0.4 is 14.8 Å². The molecule has 0 aromatic heterocycles. The molecular weight excluding hydrogens is 395 g/mol. The summed E-state index contributed by atoms with van der Waals surface area (Å²) in [5.41, 5.74) is 0.691. The molecule has 6 nitrogen and oxygen atoms in total. The molecule has 2 atom stereocenters. The van der Waals surface area contributed by atoms with Gasteiger partial charge in [0.2, 0.25) is 15.9 Å². The summed E-state index contributed by atoms with van der Waals surface area (Å²) in [5, 5.41) is 2.90. The van der Waals surface area contributed by atoms with E-state index in [9.17, 15) is 17.6 Å². The Morgan fingerprint density at radius 3 is 2.37 bits per heavy atom. The summed E-state index contributed by atoms with van der Waals surface area (Å²) < 4.78 is 45.5. The topological polar surface area (TPSA) is 84.5 Å². The van der Waals surface area contributed by atoms with Gasteiger partial charge in [0.1, 0.15) is 16.5 Å². The van der Waals surface area contributed by atoms with Crippen molar-refractivity contribution in [2.24, 2.45) is 0 Å². The van der Waals surface area contributed by atoms with Crippen LogP contribution in [0.4, 0.5) is 4.39 Å². The Balaban J connectivity index is 2.11. The number of hydrogen-bond acceptors (Lipinski definition) is 4. The number of benzene rings is 2. The molecule has 0 unspecified atom stereocenters. The van der Waals surface area contributed by atoms with Gasteiger partial charge in [0, 0.05) is 5.02 Å². The Morgan fingerprint density at radius 2 is 1.78 bits per heavy atom. The maximum Gasteiger partial charge on any atom is 0.245 e. The molecule has 1 amide bonds. The van der Waals surface area contributed by atoms with Gasteiger partial charge in [0.25, 0.3) is 0 Å². The average Bonchev–Trinajstić information content (AvgIpc) is 2.61. The van der Waals surface area contributed by atoms with E-state index in [4.69, 9.17) is 16.3 Å². The van der Waals surface area contributed by atoms with Gasteiger partial charge in [-0.15, -0.1) is 0 Å². The molecule has 9 heteroatoms. The van der Waals surface area contributed by atoms with Crippen LogP contribution in [0.25, 0.3) is 0 Å². The molecular formula is C18H20ClFN2O4S. The molecule has 0 aliphatic heterocycles. The minimum atomic E-state index is -4.05. The Kier molecular flexibility index (Phi) is 6.80. The van der Waals surface area contributed by atoms with Crippen molar-refractivity contribution in [3.63, 3.8) is 0 Å². The van der Waals surface area contributed by atoms with Crippen molar-refractivity contribution in [2.45, 2.75) is 30.8 Å². The lowest BCUT2D eigenvalue weighted by Gasteiger charge is -2.19. The van der Waals surface area contributed by atoms with E-state index in [1.54, 1.807) is 19.1 Å². The predicted molar refractivity (Wildman–Crippen MR) is 101 cm³/mol. The van der Waals surface area contributed by atoms with Crippen LogP contribution in [0.2, 0.25) is 5.02 Å². The number of amides is 1. The van der Waals surface area contributed by atoms with Gasteiger partial charge >= 0.3 is 0 Å². The highest BCUT2D eigenvalue weighted by atomic mass is 35.5. The van der Waals surface area contributed by atoms with Crippen LogP contribution >= 0.6 is 11.6 Å². The van der Waals surface area contributed by atoms with Gasteiger partial charge in [-0.3, -0.25) is 4.79 Å². The van der Waals surface area contributed by atoms with E-state index in [1.165, 1.54) is 44.4 Å². The van der Waals surface area contributed by atoms with Gasteiger partial charge in [-0.25, -0.2) is 12.8 Å². The highest BCUT2D eigenvalue weighted by molar-refractivity contribution is 7.89. The largest absolute Gasteiger partial charge is 0.495 e. The second kappa shape index (κ2) is 8.69. The lowest BCUT2D eigenvalue weighted by Crippen LogP contribution is -2.45. The molecule has 0 saturated carbocycles. The minimum Gasteiger partial charge on any atom is -0.495 e. The summed E-state index contributed by atoms with van der Waals surface area (Å²) in [7, 11) is -2.71. The summed E-state index contributed by atoms with van der Waals surface area (Å²) in [6, 6.07) is 8.36. The van der Waals surface area contributed by atoms with E-state index in [1.807, 2.05) is 0 Å². The van der Waals surface area contributed by atoms with Crippen molar-refractivity contribution < 1.29 is 22.3 Å². The molecule has 2 N–H and O–H groups in total. The van der Waals surface area contributed by atoms with E-state index in [2.05, 4.69) is 10.0 Å². The number of nitrogens with one attached hydrogen (secondary N) is 2. The Morgan fingerprint density at radius 1 is 1.15 bits per heavy atom. The molecule has 0 bridgehead atoms. The number of ether oxygens (including phenoxy) is 1. The van der Waals surface area contributed by atoms with E-state index in [0.717, 1.165) is 0 Å². The number of sulfonamides is 1. The highest BCUT2D eigenvalue weighted by Gasteiger charge is 2.26. The number of hydrogen-bond donors (Lipinski definition) is 2. The standard InChI is InChI=1S/C18H20ClFN2O4S/c1-11(13-4-7-15(20)8-5-13)21-18(23)12(2)22-27(24,25)17-10-14(19)6-9-16(17)26-3/h4-12,22H,1-3H3,(H,21,23)/t11-,12+/m0/s1. The second-order valence-corrected chi connectivity index (χ2v) is 8.04. The minimum absolute atomic E-state index is 0.110. The molecule has 0 radical (unpaired) electrons. The Labute approximate surface area is 162 Å². The van der Waals surface area contributed by atoms with Gasteiger partial charge in [-0.05, 0) is 49.7 Å². The third-order valence-corrected chi connectivity index (χ3v) is 5.67. The molecule has 0 aliphatic carbocycles. The molecule has 146 valence electrons. The summed E-state index contributed by atoms with van der Waals surface area (Å²) >= 11 is 5.87. The summed E-state index contributed by atoms with van der Waals surface area (Å²) in [5.74, 6) is -0.801. The fraction of sp³-hybridized carbons (Fsp3) is 0.278. The maximum absolute atomic E-state index is 13.0. The van der Waals surface area contributed by atoms with E-state index in [-0.39, 0.29) is 21.5 Å². The van der Waals surface area contributed by atoms with E-state index in [0.29, 0.717) is 5.56 Å². The molecule has 0 spiro atoms. The molecule has 0 aliphatic rings. The van der Waals surface area contributed by atoms with Crippen LogP contribution in [0, 0.1) is 5.82 Å². The van der Waals surface area contributed by atoms with Crippen LogP contribution in [0.15, 0.2) is 47.4 Å². The normalized spacial score (nSPS) is 13.7. The molecule has 2 aromatic rings. The monoisotopic (exact) mass is 414 g/mol. The molecule has 2 aromatic carbocycles. The Bertz CT molecular complexity index is 919. The molecule has 2 rings (SSSR count). The lowest BCUT2D eigenvalue weighted by atomic mass is 10.1. The van der Waals surface area contributed by atoms with Crippen molar-refractivity contribution >= 4 is 27.5 Å². The van der Waals surface area contributed by atoms with Gasteiger partial charge < -0.3 is 10.1 Å².